The first-order chi connectivity index (χ1) is 8.63. The van der Waals surface area contributed by atoms with Crippen molar-refractivity contribution in [3.8, 4) is 6.01 Å². The van der Waals surface area contributed by atoms with Gasteiger partial charge in [-0.25, -0.2) is 4.98 Å². The van der Waals surface area contributed by atoms with E-state index in [0.29, 0.717) is 22.8 Å². The molecule has 0 aromatic carbocycles. The van der Waals surface area contributed by atoms with E-state index in [1.54, 1.807) is 0 Å². The number of ether oxygens (including phenoxy) is 2. The summed E-state index contributed by atoms with van der Waals surface area (Å²) in [5, 5.41) is 3.62. The maximum atomic E-state index is 5.96. The third-order valence-corrected chi connectivity index (χ3v) is 2.39. The second kappa shape index (κ2) is 8.11. The molecule has 0 aliphatic rings. The molecule has 0 atom stereocenters. The predicted molar refractivity (Wildman–Crippen MR) is 72.4 cm³/mol. The maximum absolute atomic E-state index is 5.96. The van der Waals surface area contributed by atoms with Crippen LogP contribution in [0.25, 0.3) is 0 Å². The normalized spacial score (nSPS) is 10.7. The number of anilines is 1. The number of halogens is 1. The van der Waals surface area contributed by atoms with Crippen molar-refractivity contribution in [3.05, 3.63) is 11.2 Å². The molecule has 0 saturated carbocycles. The van der Waals surface area contributed by atoms with Crippen molar-refractivity contribution < 1.29 is 9.47 Å². The van der Waals surface area contributed by atoms with Crippen LogP contribution in [0.1, 0.15) is 20.3 Å². The van der Waals surface area contributed by atoms with Crippen LogP contribution in [0.5, 0.6) is 6.01 Å². The third kappa shape index (κ3) is 5.51. The highest BCUT2D eigenvalue weighted by Crippen LogP contribution is 2.19. The fraction of sp³-hybridized carbons (Fsp3) is 0.667. The Balaban J connectivity index is 2.26. The standard InChI is InChI=1S/C12H20ClN3O2/c1-9(2)8-18-6-4-5-14-11-10(13)7-15-12(16-11)17-3/h7,9H,4-6,8H2,1-3H3,(H,14,15,16). The number of rotatable bonds is 8. The molecule has 0 aliphatic carbocycles. The summed E-state index contributed by atoms with van der Waals surface area (Å²) < 4.78 is 10.4. The Morgan fingerprint density at radius 1 is 1.44 bits per heavy atom. The van der Waals surface area contributed by atoms with Gasteiger partial charge in [0.15, 0.2) is 5.82 Å². The lowest BCUT2D eigenvalue weighted by molar-refractivity contribution is 0.110. The highest BCUT2D eigenvalue weighted by Gasteiger charge is 2.04. The molecule has 18 heavy (non-hydrogen) atoms. The molecule has 0 radical (unpaired) electrons. The summed E-state index contributed by atoms with van der Waals surface area (Å²) in [4.78, 5) is 8.02. The molecule has 0 saturated heterocycles. The van der Waals surface area contributed by atoms with Crippen LogP contribution in [0.15, 0.2) is 6.20 Å². The van der Waals surface area contributed by atoms with Gasteiger partial charge in [0.25, 0.3) is 0 Å². The van der Waals surface area contributed by atoms with Crippen molar-refractivity contribution in [1.82, 2.24) is 9.97 Å². The van der Waals surface area contributed by atoms with Crippen molar-refractivity contribution in [1.29, 1.82) is 0 Å². The quantitative estimate of drug-likeness (QED) is 0.738. The minimum absolute atomic E-state index is 0.304. The summed E-state index contributed by atoms with van der Waals surface area (Å²) in [5.41, 5.74) is 0. The predicted octanol–water partition coefficient (Wildman–Crippen LogP) is 2.61. The molecule has 6 heteroatoms. The van der Waals surface area contributed by atoms with Gasteiger partial charge in [-0.15, -0.1) is 0 Å². The fourth-order valence-corrected chi connectivity index (χ4v) is 1.43. The molecule has 0 unspecified atom stereocenters. The van der Waals surface area contributed by atoms with Crippen LogP contribution < -0.4 is 10.1 Å². The SMILES string of the molecule is COc1ncc(Cl)c(NCCCOCC(C)C)n1. The first-order valence-electron chi connectivity index (χ1n) is 6.01. The van der Waals surface area contributed by atoms with Crippen LogP contribution in [0.2, 0.25) is 5.02 Å². The molecule has 5 nitrogen and oxygen atoms in total. The molecule has 1 aromatic heterocycles. The molecule has 0 amide bonds. The second-order valence-corrected chi connectivity index (χ2v) is 4.71. The minimum Gasteiger partial charge on any atom is -0.467 e. The zero-order valence-corrected chi connectivity index (χ0v) is 11.8. The first kappa shape index (κ1) is 15.0. The number of aromatic nitrogens is 2. The Labute approximate surface area is 113 Å². The van der Waals surface area contributed by atoms with E-state index >= 15 is 0 Å². The zero-order chi connectivity index (χ0) is 13.4. The lowest BCUT2D eigenvalue weighted by Crippen LogP contribution is -2.10. The van der Waals surface area contributed by atoms with Crippen molar-refractivity contribution >= 4 is 17.4 Å². The molecule has 0 bridgehead atoms. The molecule has 1 aromatic rings. The van der Waals surface area contributed by atoms with Crippen LogP contribution >= 0.6 is 11.6 Å². The zero-order valence-electron chi connectivity index (χ0n) is 11.1. The first-order valence-corrected chi connectivity index (χ1v) is 6.39. The summed E-state index contributed by atoms with van der Waals surface area (Å²) in [7, 11) is 1.52. The second-order valence-electron chi connectivity index (χ2n) is 4.30. The monoisotopic (exact) mass is 273 g/mol. The van der Waals surface area contributed by atoms with Crippen LogP contribution in [0.4, 0.5) is 5.82 Å². The topological polar surface area (TPSA) is 56.3 Å². The summed E-state index contributed by atoms with van der Waals surface area (Å²) in [5.74, 6) is 1.16. The number of nitrogens with one attached hydrogen (secondary N) is 1. The molecule has 1 rings (SSSR count). The number of hydrogen-bond acceptors (Lipinski definition) is 5. The molecule has 102 valence electrons. The Kier molecular flexibility index (Phi) is 6.75. The van der Waals surface area contributed by atoms with Gasteiger partial charge in [0.05, 0.1) is 13.3 Å². The van der Waals surface area contributed by atoms with E-state index in [4.69, 9.17) is 21.1 Å². The van der Waals surface area contributed by atoms with Gasteiger partial charge >= 0.3 is 6.01 Å². The van der Waals surface area contributed by atoms with E-state index in [2.05, 4.69) is 29.1 Å². The molecule has 0 fully saturated rings. The van der Waals surface area contributed by atoms with Crippen LogP contribution in [0, 0.1) is 5.92 Å². The average molecular weight is 274 g/mol. The van der Waals surface area contributed by atoms with Crippen molar-refractivity contribution in [2.75, 3.05) is 32.2 Å². The third-order valence-electron chi connectivity index (χ3n) is 2.11. The van der Waals surface area contributed by atoms with Gasteiger partial charge < -0.3 is 14.8 Å². The van der Waals surface area contributed by atoms with E-state index < -0.39 is 0 Å². The van der Waals surface area contributed by atoms with Crippen molar-refractivity contribution in [2.24, 2.45) is 5.92 Å². The van der Waals surface area contributed by atoms with Crippen molar-refractivity contribution in [3.63, 3.8) is 0 Å². The van der Waals surface area contributed by atoms with Gasteiger partial charge in [0, 0.05) is 19.8 Å². The Morgan fingerprint density at radius 2 is 2.22 bits per heavy atom. The van der Waals surface area contributed by atoms with Gasteiger partial charge in [-0.05, 0) is 12.3 Å². The molecule has 1 N–H and O–H groups in total. The molecular formula is C12H20ClN3O2. The fourth-order valence-electron chi connectivity index (χ4n) is 1.27. The van der Waals surface area contributed by atoms with E-state index in [-0.39, 0.29) is 0 Å². The Hall–Kier alpha value is -1.07. The summed E-state index contributed by atoms with van der Waals surface area (Å²) >= 11 is 5.96. The number of hydrogen-bond donors (Lipinski definition) is 1. The summed E-state index contributed by atoms with van der Waals surface area (Å²) in [6, 6.07) is 0.304. The number of nitrogens with zero attached hydrogens (tertiary/aromatic N) is 2. The molecule has 0 aliphatic heterocycles. The largest absolute Gasteiger partial charge is 0.467 e. The van der Waals surface area contributed by atoms with Crippen LogP contribution in [-0.4, -0.2) is 36.8 Å². The average Bonchev–Trinajstić information content (AvgIpc) is 2.35. The van der Waals surface area contributed by atoms with Crippen LogP contribution in [-0.2, 0) is 4.74 Å². The van der Waals surface area contributed by atoms with Crippen LogP contribution in [0.3, 0.4) is 0 Å². The smallest absolute Gasteiger partial charge is 0.318 e. The van der Waals surface area contributed by atoms with Gasteiger partial charge in [-0.1, -0.05) is 25.4 Å². The van der Waals surface area contributed by atoms with E-state index in [1.165, 1.54) is 13.3 Å². The van der Waals surface area contributed by atoms with Gasteiger partial charge in [-0.2, -0.15) is 4.98 Å². The molecule has 1 heterocycles. The highest BCUT2D eigenvalue weighted by atomic mass is 35.5. The summed E-state index contributed by atoms with van der Waals surface area (Å²) in [6.45, 7) is 6.53. The van der Waals surface area contributed by atoms with E-state index in [9.17, 15) is 0 Å². The van der Waals surface area contributed by atoms with Gasteiger partial charge in [-0.3, -0.25) is 0 Å². The molecular weight excluding hydrogens is 254 g/mol. The summed E-state index contributed by atoms with van der Waals surface area (Å²) in [6.07, 6.45) is 2.42. The molecule has 0 spiro atoms. The van der Waals surface area contributed by atoms with E-state index in [1.807, 2.05) is 0 Å². The van der Waals surface area contributed by atoms with Gasteiger partial charge in [0.1, 0.15) is 5.02 Å². The minimum atomic E-state index is 0.304. The van der Waals surface area contributed by atoms with E-state index in [0.717, 1.165) is 26.2 Å². The van der Waals surface area contributed by atoms with Crippen molar-refractivity contribution in [2.45, 2.75) is 20.3 Å². The lowest BCUT2D eigenvalue weighted by atomic mass is 10.2. The lowest BCUT2D eigenvalue weighted by Gasteiger charge is -2.09. The number of methoxy groups -OCH3 is 1. The maximum Gasteiger partial charge on any atom is 0.318 e. The van der Waals surface area contributed by atoms with Gasteiger partial charge in [0.2, 0.25) is 0 Å². The Bertz CT molecular complexity index is 361. The Morgan fingerprint density at radius 3 is 2.89 bits per heavy atom. The highest BCUT2D eigenvalue weighted by molar-refractivity contribution is 6.32.